The number of hydrogen-bond acceptors (Lipinski definition) is 5. The van der Waals surface area contributed by atoms with Gasteiger partial charge in [0.15, 0.2) is 11.5 Å². The summed E-state index contributed by atoms with van der Waals surface area (Å²) in [6, 6.07) is 18.0. The summed E-state index contributed by atoms with van der Waals surface area (Å²) in [5.41, 5.74) is 8.33. The molecular formula is C27H22N6O2. The van der Waals surface area contributed by atoms with Crippen molar-refractivity contribution in [2.45, 2.75) is 19.9 Å². The fourth-order valence-corrected chi connectivity index (χ4v) is 4.25. The molecule has 5 aromatic rings. The van der Waals surface area contributed by atoms with Crippen LogP contribution in [0.1, 0.15) is 41.5 Å². The summed E-state index contributed by atoms with van der Waals surface area (Å²) in [5, 5.41) is 8.42. The second kappa shape index (κ2) is 8.80. The summed E-state index contributed by atoms with van der Waals surface area (Å²) in [5.74, 6) is 5.56. The molecule has 8 heteroatoms. The highest BCUT2D eigenvalue weighted by Gasteiger charge is 2.23. The van der Waals surface area contributed by atoms with Crippen molar-refractivity contribution >= 4 is 28.1 Å². The first-order valence-corrected chi connectivity index (χ1v) is 11.1. The highest BCUT2D eigenvalue weighted by Crippen LogP contribution is 2.24. The van der Waals surface area contributed by atoms with E-state index in [2.05, 4.69) is 27.2 Å². The third-order valence-electron chi connectivity index (χ3n) is 5.79. The third kappa shape index (κ3) is 3.79. The quantitative estimate of drug-likeness (QED) is 0.398. The number of hydrogen-bond donors (Lipinski definition) is 2. The summed E-state index contributed by atoms with van der Waals surface area (Å²) >= 11 is 0. The van der Waals surface area contributed by atoms with Gasteiger partial charge in [-0.25, -0.2) is 9.50 Å². The smallest absolute Gasteiger partial charge is 0.264 e. The molecule has 35 heavy (non-hydrogen) atoms. The summed E-state index contributed by atoms with van der Waals surface area (Å²) in [4.78, 5) is 31.3. The molecule has 0 bridgehead atoms. The molecule has 3 heterocycles. The Morgan fingerprint density at radius 3 is 2.69 bits per heavy atom. The molecule has 1 atom stereocenters. The standard InChI is InChI=1S/C27H22N6O2/c1-3-9-18-10-7-11-19-16-21(33(27(35)22(18)19)20-12-5-4-6-13-20)17(2)30-26(34)23-24(28)31-32-15-8-14-29-25(23)32/h4-8,10-17H,1-2H3,(H2,28,31)(H,30,34). The first-order valence-electron chi connectivity index (χ1n) is 11.1. The maximum Gasteiger partial charge on any atom is 0.264 e. The second-order valence-corrected chi connectivity index (χ2v) is 8.03. The van der Waals surface area contributed by atoms with Crippen LogP contribution in [0.4, 0.5) is 5.82 Å². The molecule has 5 rings (SSSR count). The number of nitrogens with one attached hydrogen (secondary N) is 1. The van der Waals surface area contributed by atoms with Crippen molar-refractivity contribution in [2.24, 2.45) is 0 Å². The Hall–Kier alpha value is -4.90. The number of fused-ring (bicyclic) bond motifs is 2. The van der Waals surface area contributed by atoms with Gasteiger partial charge in [-0.2, -0.15) is 0 Å². The molecule has 172 valence electrons. The van der Waals surface area contributed by atoms with Crippen LogP contribution in [0.25, 0.3) is 22.1 Å². The maximum atomic E-state index is 13.8. The maximum absolute atomic E-state index is 13.8. The van der Waals surface area contributed by atoms with E-state index in [0.29, 0.717) is 28.0 Å². The van der Waals surface area contributed by atoms with Gasteiger partial charge in [-0.1, -0.05) is 36.3 Å². The van der Waals surface area contributed by atoms with E-state index in [1.54, 1.807) is 30.0 Å². The van der Waals surface area contributed by atoms with Gasteiger partial charge in [0, 0.05) is 29.3 Å². The molecule has 0 saturated heterocycles. The minimum Gasteiger partial charge on any atom is -0.381 e. The van der Waals surface area contributed by atoms with Crippen LogP contribution in [0.5, 0.6) is 0 Å². The van der Waals surface area contributed by atoms with Gasteiger partial charge in [-0.3, -0.25) is 14.2 Å². The fraction of sp³-hybridized carbons (Fsp3) is 0.111. The SMILES string of the molecule is CC#Cc1cccc2cc(C(C)NC(=O)c3c(N)nn4cccnc34)n(-c3ccccc3)c(=O)c12. The minimum atomic E-state index is -0.543. The second-order valence-electron chi connectivity index (χ2n) is 8.03. The van der Waals surface area contributed by atoms with Crippen molar-refractivity contribution in [3.8, 4) is 17.5 Å². The Bertz CT molecular complexity index is 1710. The lowest BCUT2D eigenvalue weighted by atomic mass is 10.0. The number of carbonyl (C=O) groups is 1. The predicted molar refractivity (Wildman–Crippen MR) is 135 cm³/mol. The molecule has 3 N–H and O–H groups in total. The molecule has 3 aromatic heterocycles. The summed E-state index contributed by atoms with van der Waals surface area (Å²) in [7, 11) is 0. The third-order valence-corrected chi connectivity index (χ3v) is 5.79. The van der Waals surface area contributed by atoms with Crippen molar-refractivity contribution in [3.05, 3.63) is 100 Å². The van der Waals surface area contributed by atoms with Gasteiger partial charge in [-0.15, -0.1) is 11.0 Å². The van der Waals surface area contributed by atoms with Gasteiger partial charge >= 0.3 is 0 Å². The van der Waals surface area contributed by atoms with Crippen LogP contribution in [0.2, 0.25) is 0 Å². The highest BCUT2D eigenvalue weighted by molar-refractivity contribution is 6.04. The zero-order valence-electron chi connectivity index (χ0n) is 19.2. The molecule has 0 aliphatic carbocycles. The molecule has 0 aliphatic heterocycles. The fourth-order valence-electron chi connectivity index (χ4n) is 4.25. The van der Waals surface area contributed by atoms with Crippen LogP contribution in [0.15, 0.2) is 77.9 Å². The normalized spacial score (nSPS) is 11.7. The summed E-state index contributed by atoms with van der Waals surface area (Å²) < 4.78 is 3.08. The molecule has 0 spiro atoms. The molecule has 2 aromatic carbocycles. The van der Waals surface area contributed by atoms with E-state index < -0.39 is 11.9 Å². The van der Waals surface area contributed by atoms with E-state index in [0.717, 1.165) is 5.39 Å². The van der Waals surface area contributed by atoms with Crippen LogP contribution in [-0.2, 0) is 0 Å². The van der Waals surface area contributed by atoms with Crippen LogP contribution in [0.3, 0.4) is 0 Å². The number of nitrogens with two attached hydrogens (primary N) is 1. The zero-order valence-corrected chi connectivity index (χ0v) is 19.2. The van der Waals surface area contributed by atoms with Gasteiger partial charge < -0.3 is 11.1 Å². The lowest BCUT2D eigenvalue weighted by Gasteiger charge is -2.21. The van der Waals surface area contributed by atoms with Crippen molar-refractivity contribution in [2.75, 3.05) is 5.73 Å². The predicted octanol–water partition coefficient (Wildman–Crippen LogP) is 3.48. The Morgan fingerprint density at radius 1 is 1.11 bits per heavy atom. The van der Waals surface area contributed by atoms with E-state index in [-0.39, 0.29) is 16.9 Å². The number of pyridine rings is 1. The lowest BCUT2D eigenvalue weighted by molar-refractivity contribution is 0.0941. The largest absolute Gasteiger partial charge is 0.381 e. The van der Waals surface area contributed by atoms with Gasteiger partial charge in [0.2, 0.25) is 0 Å². The average molecular weight is 463 g/mol. The number of carbonyl (C=O) groups excluding carboxylic acids is 1. The molecular weight excluding hydrogens is 440 g/mol. The van der Waals surface area contributed by atoms with Crippen LogP contribution in [0, 0.1) is 11.8 Å². The van der Waals surface area contributed by atoms with Crippen molar-refractivity contribution in [1.29, 1.82) is 0 Å². The Labute approximate surface area is 201 Å². The summed E-state index contributed by atoms with van der Waals surface area (Å²) in [6.45, 7) is 3.56. The number of benzene rings is 2. The van der Waals surface area contributed by atoms with Crippen molar-refractivity contribution in [3.63, 3.8) is 0 Å². The average Bonchev–Trinajstić information content (AvgIpc) is 3.20. The molecule has 8 nitrogen and oxygen atoms in total. The number of aromatic nitrogens is 4. The molecule has 0 radical (unpaired) electrons. The Balaban J connectivity index is 1.66. The van der Waals surface area contributed by atoms with Gasteiger partial charge in [-0.05, 0) is 49.6 Å². The first-order chi connectivity index (χ1) is 17.0. The zero-order chi connectivity index (χ0) is 24.5. The van der Waals surface area contributed by atoms with E-state index in [1.165, 1.54) is 4.52 Å². The monoisotopic (exact) mass is 462 g/mol. The van der Waals surface area contributed by atoms with E-state index in [9.17, 15) is 9.59 Å². The topological polar surface area (TPSA) is 107 Å². The number of para-hydroxylation sites is 1. The lowest BCUT2D eigenvalue weighted by Crippen LogP contribution is -2.32. The number of nitrogen functional groups attached to an aromatic ring is 1. The van der Waals surface area contributed by atoms with Crippen LogP contribution < -0.4 is 16.6 Å². The van der Waals surface area contributed by atoms with Gasteiger partial charge in [0.1, 0.15) is 5.56 Å². The van der Waals surface area contributed by atoms with Crippen molar-refractivity contribution < 1.29 is 4.79 Å². The molecule has 1 amide bonds. The minimum absolute atomic E-state index is 0.0788. The van der Waals surface area contributed by atoms with Gasteiger partial charge in [0.25, 0.3) is 11.5 Å². The van der Waals surface area contributed by atoms with Gasteiger partial charge in [0.05, 0.1) is 11.4 Å². The van der Waals surface area contributed by atoms with E-state index in [4.69, 9.17) is 5.73 Å². The number of rotatable bonds is 4. The van der Waals surface area contributed by atoms with Crippen LogP contribution >= 0.6 is 0 Å². The Morgan fingerprint density at radius 2 is 1.91 bits per heavy atom. The highest BCUT2D eigenvalue weighted by atomic mass is 16.2. The number of nitrogens with zero attached hydrogens (tertiary/aromatic N) is 4. The van der Waals surface area contributed by atoms with Crippen LogP contribution in [-0.4, -0.2) is 25.1 Å². The van der Waals surface area contributed by atoms with E-state index >= 15 is 0 Å². The first kappa shape index (κ1) is 21.9. The van der Waals surface area contributed by atoms with E-state index in [1.807, 2.05) is 61.5 Å². The Kier molecular flexibility index (Phi) is 5.51. The molecule has 0 saturated carbocycles. The molecule has 0 aliphatic rings. The molecule has 1 unspecified atom stereocenters. The summed E-state index contributed by atoms with van der Waals surface area (Å²) in [6.07, 6.45) is 3.25. The number of anilines is 1. The molecule has 0 fully saturated rings. The van der Waals surface area contributed by atoms with Crippen molar-refractivity contribution in [1.82, 2.24) is 24.5 Å². The number of amides is 1.